The summed E-state index contributed by atoms with van der Waals surface area (Å²) >= 11 is 0. The van der Waals surface area contributed by atoms with Crippen molar-refractivity contribution < 1.29 is 19.8 Å². The van der Waals surface area contributed by atoms with Gasteiger partial charge in [0.1, 0.15) is 5.82 Å². The van der Waals surface area contributed by atoms with Gasteiger partial charge in [-0.1, -0.05) is 0 Å². The van der Waals surface area contributed by atoms with E-state index in [1.807, 2.05) is 4.57 Å². The van der Waals surface area contributed by atoms with Crippen molar-refractivity contribution in [2.24, 2.45) is 5.92 Å². The van der Waals surface area contributed by atoms with E-state index in [0.717, 1.165) is 0 Å². The minimum absolute atomic E-state index is 0.0647. The molecule has 1 aromatic rings. The molecular formula is C10H12N2O4. The van der Waals surface area contributed by atoms with Gasteiger partial charge in [0, 0.05) is 24.9 Å². The minimum Gasteiger partial charge on any atom is -0.481 e. The summed E-state index contributed by atoms with van der Waals surface area (Å²) in [7, 11) is 0. The standard InChI is InChI=1S/C10H12N2O4/c13-9(14)4-7-5-11-8-3-6(10(15)16)1-2-12(7)8/h5-6H,1-4H2,(H,13,14)(H,15,16). The summed E-state index contributed by atoms with van der Waals surface area (Å²) in [6.45, 7) is 0.537. The molecule has 2 rings (SSSR count). The maximum atomic E-state index is 10.8. The molecule has 86 valence electrons. The molecule has 0 aliphatic carbocycles. The Morgan fingerprint density at radius 3 is 2.88 bits per heavy atom. The predicted octanol–water partition coefficient (Wildman–Crippen LogP) is 0.157. The molecule has 1 atom stereocenters. The van der Waals surface area contributed by atoms with Crippen LogP contribution in [0.15, 0.2) is 6.20 Å². The molecular weight excluding hydrogens is 212 g/mol. The van der Waals surface area contributed by atoms with E-state index in [-0.39, 0.29) is 6.42 Å². The highest BCUT2D eigenvalue weighted by molar-refractivity contribution is 5.71. The molecule has 1 aliphatic heterocycles. The third-order valence-corrected chi connectivity index (χ3v) is 2.83. The topological polar surface area (TPSA) is 92.4 Å². The molecule has 2 heterocycles. The van der Waals surface area contributed by atoms with E-state index >= 15 is 0 Å². The number of carboxylic acids is 2. The molecule has 0 bridgehead atoms. The van der Waals surface area contributed by atoms with Crippen LogP contribution in [0.4, 0.5) is 0 Å². The van der Waals surface area contributed by atoms with Crippen molar-refractivity contribution in [1.29, 1.82) is 0 Å². The van der Waals surface area contributed by atoms with Crippen LogP contribution in [0.3, 0.4) is 0 Å². The maximum Gasteiger partial charge on any atom is 0.309 e. The van der Waals surface area contributed by atoms with E-state index in [1.165, 1.54) is 6.20 Å². The summed E-state index contributed by atoms with van der Waals surface area (Å²) in [4.78, 5) is 25.5. The first kappa shape index (κ1) is 10.7. The average Bonchev–Trinajstić information content (AvgIpc) is 2.60. The Morgan fingerprint density at radius 1 is 1.50 bits per heavy atom. The molecule has 0 radical (unpaired) electrons. The zero-order chi connectivity index (χ0) is 11.7. The van der Waals surface area contributed by atoms with Gasteiger partial charge in [-0.2, -0.15) is 0 Å². The number of aromatic nitrogens is 2. The Bertz CT molecular complexity index is 438. The van der Waals surface area contributed by atoms with Crippen molar-refractivity contribution >= 4 is 11.9 Å². The van der Waals surface area contributed by atoms with Gasteiger partial charge in [-0.05, 0) is 6.42 Å². The minimum atomic E-state index is -0.900. The summed E-state index contributed by atoms with van der Waals surface area (Å²) in [5.74, 6) is -1.43. The highest BCUT2D eigenvalue weighted by atomic mass is 16.4. The van der Waals surface area contributed by atoms with Crippen LogP contribution in [0.1, 0.15) is 17.9 Å². The van der Waals surface area contributed by atoms with E-state index in [1.54, 1.807) is 0 Å². The number of hydrogen-bond donors (Lipinski definition) is 2. The Balaban J connectivity index is 2.20. The van der Waals surface area contributed by atoms with Crippen LogP contribution in [0.2, 0.25) is 0 Å². The number of imidazole rings is 1. The van der Waals surface area contributed by atoms with Crippen molar-refractivity contribution in [1.82, 2.24) is 9.55 Å². The zero-order valence-electron chi connectivity index (χ0n) is 8.59. The van der Waals surface area contributed by atoms with Gasteiger partial charge in [0.05, 0.1) is 12.3 Å². The summed E-state index contributed by atoms with van der Waals surface area (Å²) < 4.78 is 1.81. The Kier molecular flexibility index (Phi) is 2.64. The fourth-order valence-corrected chi connectivity index (χ4v) is 2.00. The van der Waals surface area contributed by atoms with Gasteiger partial charge in [0.15, 0.2) is 0 Å². The molecule has 1 unspecified atom stereocenters. The van der Waals surface area contributed by atoms with E-state index in [9.17, 15) is 9.59 Å². The third-order valence-electron chi connectivity index (χ3n) is 2.83. The Hall–Kier alpha value is -1.85. The monoisotopic (exact) mass is 224 g/mol. The summed E-state index contributed by atoms with van der Waals surface area (Å²) in [6.07, 6.45) is 2.37. The molecule has 0 saturated carbocycles. The second-order valence-corrected chi connectivity index (χ2v) is 3.92. The molecule has 16 heavy (non-hydrogen) atoms. The number of carbonyl (C=O) groups is 2. The lowest BCUT2D eigenvalue weighted by molar-refractivity contribution is -0.142. The van der Waals surface area contributed by atoms with Crippen molar-refractivity contribution in [3.63, 3.8) is 0 Å². The number of aliphatic carboxylic acids is 2. The van der Waals surface area contributed by atoms with Crippen LogP contribution in [-0.4, -0.2) is 31.7 Å². The van der Waals surface area contributed by atoms with Gasteiger partial charge >= 0.3 is 11.9 Å². The molecule has 0 aromatic carbocycles. The van der Waals surface area contributed by atoms with Crippen LogP contribution in [0, 0.1) is 5.92 Å². The summed E-state index contributed by atoms with van der Waals surface area (Å²) in [6, 6.07) is 0. The number of nitrogens with zero attached hydrogens (tertiary/aromatic N) is 2. The first-order valence-corrected chi connectivity index (χ1v) is 5.06. The van der Waals surface area contributed by atoms with Crippen molar-refractivity contribution in [3.05, 3.63) is 17.7 Å². The second-order valence-electron chi connectivity index (χ2n) is 3.92. The van der Waals surface area contributed by atoms with Crippen LogP contribution >= 0.6 is 0 Å². The molecule has 0 spiro atoms. The fraction of sp³-hybridized carbons (Fsp3) is 0.500. The molecule has 0 saturated heterocycles. The highest BCUT2D eigenvalue weighted by Gasteiger charge is 2.26. The maximum absolute atomic E-state index is 10.8. The van der Waals surface area contributed by atoms with Crippen LogP contribution in [0.5, 0.6) is 0 Å². The lowest BCUT2D eigenvalue weighted by Gasteiger charge is -2.21. The first-order valence-electron chi connectivity index (χ1n) is 5.06. The lowest BCUT2D eigenvalue weighted by atomic mass is 9.98. The van der Waals surface area contributed by atoms with Gasteiger partial charge in [-0.15, -0.1) is 0 Å². The van der Waals surface area contributed by atoms with E-state index < -0.39 is 17.9 Å². The Labute approximate surface area is 91.5 Å². The smallest absolute Gasteiger partial charge is 0.309 e. The van der Waals surface area contributed by atoms with E-state index in [2.05, 4.69) is 4.98 Å². The van der Waals surface area contributed by atoms with Crippen LogP contribution in [0.25, 0.3) is 0 Å². The molecule has 2 N–H and O–H groups in total. The normalized spacial score (nSPS) is 19.1. The van der Waals surface area contributed by atoms with Gasteiger partial charge in [-0.25, -0.2) is 4.98 Å². The van der Waals surface area contributed by atoms with Gasteiger partial charge in [0.2, 0.25) is 0 Å². The lowest BCUT2D eigenvalue weighted by Crippen LogP contribution is -2.26. The molecule has 1 aromatic heterocycles. The van der Waals surface area contributed by atoms with Crippen molar-refractivity contribution in [2.45, 2.75) is 25.8 Å². The fourth-order valence-electron chi connectivity index (χ4n) is 2.00. The number of hydrogen-bond acceptors (Lipinski definition) is 3. The van der Waals surface area contributed by atoms with Crippen molar-refractivity contribution in [3.8, 4) is 0 Å². The van der Waals surface area contributed by atoms with Gasteiger partial charge in [0.25, 0.3) is 0 Å². The largest absolute Gasteiger partial charge is 0.481 e. The average molecular weight is 224 g/mol. The van der Waals surface area contributed by atoms with Gasteiger partial charge < -0.3 is 14.8 Å². The quantitative estimate of drug-likeness (QED) is 0.762. The van der Waals surface area contributed by atoms with E-state index in [4.69, 9.17) is 10.2 Å². The third kappa shape index (κ3) is 1.91. The highest BCUT2D eigenvalue weighted by Crippen LogP contribution is 2.21. The van der Waals surface area contributed by atoms with E-state index in [0.29, 0.717) is 30.9 Å². The molecule has 6 heteroatoms. The second kappa shape index (κ2) is 3.96. The van der Waals surface area contributed by atoms with Crippen LogP contribution in [-0.2, 0) is 29.0 Å². The van der Waals surface area contributed by atoms with Crippen LogP contribution < -0.4 is 0 Å². The Morgan fingerprint density at radius 2 is 2.25 bits per heavy atom. The number of carboxylic acid groups (broad SMARTS) is 2. The molecule has 0 amide bonds. The summed E-state index contributed by atoms with van der Waals surface area (Å²) in [5, 5.41) is 17.6. The van der Waals surface area contributed by atoms with Crippen molar-refractivity contribution in [2.75, 3.05) is 0 Å². The first-order chi connectivity index (χ1) is 7.58. The zero-order valence-corrected chi connectivity index (χ0v) is 8.59. The van der Waals surface area contributed by atoms with Gasteiger partial charge in [-0.3, -0.25) is 9.59 Å². The molecule has 6 nitrogen and oxygen atoms in total. The molecule has 1 aliphatic rings. The number of fused-ring (bicyclic) bond motifs is 1. The summed E-state index contributed by atoms with van der Waals surface area (Å²) in [5.41, 5.74) is 0.645. The molecule has 0 fully saturated rings. The SMILES string of the molecule is O=C(O)Cc1cnc2n1CCC(C(=O)O)C2. The predicted molar refractivity (Wildman–Crippen MR) is 53.0 cm³/mol. The number of rotatable bonds is 3.